The van der Waals surface area contributed by atoms with E-state index < -0.39 is 0 Å². The quantitative estimate of drug-likeness (QED) is 0.176. The van der Waals surface area contributed by atoms with Crippen LogP contribution < -0.4 is 4.90 Å². The maximum atomic E-state index is 6.91. The number of hydrogen-bond donors (Lipinski definition) is 0. The zero-order valence-electron chi connectivity index (χ0n) is 45.0. The lowest BCUT2D eigenvalue weighted by molar-refractivity contribution is 0.590. The Morgan fingerprint density at radius 3 is 1.53 bits per heavy atom. The van der Waals surface area contributed by atoms with Crippen molar-refractivity contribution >= 4 is 82.9 Å². The fourth-order valence-corrected chi connectivity index (χ4v) is 14.3. The number of rotatable bonds is 4. The summed E-state index contributed by atoms with van der Waals surface area (Å²) in [6.07, 6.45) is 0. The van der Waals surface area contributed by atoms with Crippen LogP contribution in [0, 0.1) is 0 Å². The number of anilines is 3. The van der Waals surface area contributed by atoms with Gasteiger partial charge in [-0.15, -0.1) is 0 Å². The minimum Gasteiger partial charge on any atom is -0.456 e. The lowest BCUT2D eigenvalue weighted by Gasteiger charge is -2.30. The van der Waals surface area contributed by atoms with E-state index in [0.29, 0.717) is 0 Å². The molecule has 4 nitrogen and oxygen atoms in total. The number of hydrogen-bond acceptors (Lipinski definition) is 4. The van der Waals surface area contributed by atoms with Gasteiger partial charge in [-0.2, -0.15) is 0 Å². The predicted octanol–water partition coefficient (Wildman–Crippen LogP) is 20.7. The van der Waals surface area contributed by atoms with Gasteiger partial charge in [0.25, 0.3) is 0 Å². The summed E-state index contributed by atoms with van der Waals surface area (Å²) in [5, 5.41) is 6.92. The summed E-state index contributed by atoms with van der Waals surface area (Å²) in [7, 11) is 0. The molecule has 3 aliphatic carbocycles. The number of nitrogens with zero attached hydrogens (tertiary/aromatic N) is 1. The van der Waals surface area contributed by atoms with Crippen LogP contribution in [0.25, 0.3) is 110 Å². The van der Waals surface area contributed by atoms with Gasteiger partial charge in [-0.25, -0.2) is 0 Å². The summed E-state index contributed by atoms with van der Waals surface area (Å²) < 4.78 is 19.9. The lowest BCUT2D eigenvalue weighted by atomic mass is 9.79. The van der Waals surface area contributed by atoms with E-state index in [1.807, 2.05) is 6.07 Å². The van der Waals surface area contributed by atoms with E-state index in [2.05, 4.69) is 243 Å². The highest BCUT2D eigenvalue weighted by atomic mass is 16.3. The Labute approximate surface area is 448 Å². The first-order chi connectivity index (χ1) is 37.1. The van der Waals surface area contributed by atoms with Crippen LogP contribution in [0.2, 0.25) is 0 Å². The molecule has 0 radical (unpaired) electrons. The van der Waals surface area contributed by atoms with E-state index in [-0.39, 0.29) is 21.7 Å². The molecule has 4 heteroatoms. The van der Waals surface area contributed by atoms with Gasteiger partial charge >= 0.3 is 0 Å². The van der Waals surface area contributed by atoms with Crippen LogP contribution in [-0.2, 0) is 21.7 Å². The first-order valence-corrected chi connectivity index (χ1v) is 27.3. The van der Waals surface area contributed by atoms with Crippen molar-refractivity contribution in [3.63, 3.8) is 0 Å². The molecule has 0 saturated heterocycles. The molecule has 0 atom stereocenters. The van der Waals surface area contributed by atoms with Crippen molar-refractivity contribution in [3.8, 4) is 44.5 Å². The maximum Gasteiger partial charge on any atom is 0.143 e. The highest BCUT2D eigenvalue weighted by molar-refractivity contribution is 6.19. The summed E-state index contributed by atoms with van der Waals surface area (Å²) in [5.74, 6) is 0. The summed E-state index contributed by atoms with van der Waals surface area (Å²) in [4.78, 5) is 2.48. The molecule has 3 aromatic heterocycles. The molecule has 3 aliphatic rings. The third kappa shape index (κ3) is 5.93. The maximum absolute atomic E-state index is 6.91. The van der Waals surface area contributed by atoms with Crippen molar-refractivity contribution in [1.29, 1.82) is 0 Å². The van der Waals surface area contributed by atoms with Gasteiger partial charge in [-0.1, -0.05) is 159 Å². The molecule has 3 heterocycles. The molecule has 0 N–H and O–H groups in total. The van der Waals surface area contributed by atoms with E-state index in [9.17, 15) is 0 Å². The van der Waals surface area contributed by atoms with Crippen LogP contribution in [0.1, 0.15) is 101 Å². The second-order valence-corrected chi connectivity index (χ2v) is 24.8. The molecule has 0 spiro atoms. The number of benzene rings is 10. The van der Waals surface area contributed by atoms with Gasteiger partial charge in [-0.3, -0.25) is 0 Å². The van der Waals surface area contributed by atoms with Crippen LogP contribution in [0.15, 0.2) is 195 Å². The number of fused-ring (bicyclic) bond motifs is 20. The largest absolute Gasteiger partial charge is 0.456 e. The van der Waals surface area contributed by atoms with Gasteiger partial charge in [0.05, 0.1) is 0 Å². The standard InChI is InChI=1S/C73H57NO3/c1-70(2,3)41-24-22-40(23-25-41)50-37-59-65(68-49-18-12-15-21-62(49)77-69(50)68)47-30-27-44(36-56(47)73(59,8)9)74(42-28-32-63-52(34-42)46-16-10-13-19-60(46)75-63)43-26-29-45-51-38-58-53(39-57(51)72(6,7)55(45)35-43)66-54(71(58,4)5)31-33-64-67(66)48-17-11-14-20-61(48)76-64/h10-39H,1-9H3. The monoisotopic (exact) mass is 995 g/mol. The molecule has 0 amide bonds. The molecule has 10 aromatic carbocycles. The summed E-state index contributed by atoms with van der Waals surface area (Å²) in [6.45, 7) is 21.2. The summed E-state index contributed by atoms with van der Waals surface area (Å²) in [5.41, 5.74) is 27.4. The molecular weight excluding hydrogens is 939 g/mol. The Morgan fingerprint density at radius 1 is 0.338 bits per heavy atom. The Bertz CT molecular complexity index is 4750. The Morgan fingerprint density at radius 2 is 0.818 bits per heavy atom. The molecule has 77 heavy (non-hydrogen) atoms. The average molecular weight is 996 g/mol. The Hall–Kier alpha value is -8.60. The van der Waals surface area contributed by atoms with Crippen LogP contribution in [0.3, 0.4) is 0 Å². The molecule has 0 saturated carbocycles. The molecule has 16 rings (SSSR count). The van der Waals surface area contributed by atoms with E-state index in [4.69, 9.17) is 13.3 Å². The van der Waals surface area contributed by atoms with Crippen molar-refractivity contribution in [3.05, 3.63) is 221 Å². The van der Waals surface area contributed by atoms with Crippen molar-refractivity contribution in [2.45, 2.75) is 84.0 Å². The number of para-hydroxylation sites is 3. The van der Waals surface area contributed by atoms with Gasteiger partial charge in [0, 0.05) is 71.2 Å². The van der Waals surface area contributed by atoms with Gasteiger partial charge < -0.3 is 18.2 Å². The SMILES string of the molecule is CC(C)(C)c1ccc(-c2cc3c(c4c2oc2ccccc24)-c2ccc(N(c4ccc5c(c4)C(C)(C)c4cc6c(cc4-5)C(C)(C)c4ccc5oc7ccccc7c5c4-6)c4ccc5oc6ccccc6c5c4)cc2C3(C)C)cc1. The zero-order chi connectivity index (χ0) is 52.2. The third-order valence-corrected chi connectivity index (χ3v) is 18.4. The summed E-state index contributed by atoms with van der Waals surface area (Å²) >= 11 is 0. The smallest absolute Gasteiger partial charge is 0.143 e. The fourth-order valence-electron chi connectivity index (χ4n) is 14.3. The van der Waals surface area contributed by atoms with Crippen molar-refractivity contribution in [2.75, 3.05) is 4.90 Å². The van der Waals surface area contributed by atoms with Gasteiger partial charge in [0.1, 0.15) is 33.5 Å². The Balaban J connectivity index is 0.878. The average Bonchev–Trinajstić information content (AvgIpc) is 4.41. The topological polar surface area (TPSA) is 42.7 Å². The molecule has 0 fully saturated rings. The fraction of sp³-hybridized carbons (Fsp3) is 0.178. The van der Waals surface area contributed by atoms with E-state index >= 15 is 0 Å². The van der Waals surface area contributed by atoms with Crippen LogP contribution >= 0.6 is 0 Å². The summed E-state index contributed by atoms with van der Waals surface area (Å²) in [6, 6.07) is 67.6. The second kappa shape index (κ2) is 14.9. The minimum atomic E-state index is -0.341. The normalized spacial score (nSPS) is 15.4. The van der Waals surface area contributed by atoms with Crippen molar-refractivity contribution < 1.29 is 13.3 Å². The molecule has 13 aromatic rings. The Kier molecular flexibility index (Phi) is 8.62. The molecular formula is C73H57NO3. The van der Waals surface area contributed by atoms with Crippen molar-refractivity contribution in [1.82, 2.24) is 0 Å². The number of furan rings is 3. The first-order valence-electron chi connectivity index (χ1n) is 27.3. The van der Waals surface area contributed by atoms with Gasteiger partial charge in [0.2, 0.25) is 0 Å². The molecule has 0 aliphatic heterocycles. The predicted molar refractivity (Wildman–Crippen MR) is 320 cm³/mol. The van der Waals surface area contributed by atoms with Gasteiger partial charge in [0.15, 0.2) is 0 Å². The van der Waals surface area contributed by atoms with Crippen molar-refractivity contribution in [2.24, 2.45) is 0 Å². The van der Waals surface area contributed by atoms with Crippen LogP contribution in [0.4, 0.5) is 17.1 Å². The second-order valence-electron chi connectivity index (χ2n) is 24.8. The molecule has 0 bridgehead atoms. The lowest BCUT2D eigenvalue weighted by Crippen LogP contribution is -2.18. The van der Waals surface area contributed by atoms with Crippen LogP contribution in [0.5, 0.6) is 0 Å². The van der Waals surface area contributed by atoms with Gasteiger partial charge in [-0.05, 0) is 168 Å². The van der Waals surface area contributed by atoms with E-state index in [1.54, 1.807) is 0 Å². The minimum absolute atomic E-state index is 0.0510. The first kappa shape index (κ1) is 44.7. The third-order valence-electron chi connectivity index (χ3n) is 18.4. The molecule has 372 valence electrons. The molecule has 0 unspecified atom stereocenters. The highest BCUT2D eigenvalue weighted by Gasteiger charge is 2.44. The van der Waals surface area contributed by atoms with E-state index in [0.717, 1.165) is 77.8 Å². The van der Waals surface area contributed by atoms with E-state index in [1.165, 1.54) is 88.5 Å². The zero-order valence-corrected chi connectivity index (χ0v) is 45.0. The van der Waals surface area contributed by atoms with Crippen LogP contribution in [-0.4, -0.2) is 0 Å². The highest BCUT2D eigenvalue weighted by Crippen LogP contribution is 2.60.